The van der Waals surface area contributed by atoms with Crippen LogP contribution in [-0.4, -0.2) is 27.0 Å². The predicted molar refractivity (Wildman–Crippen MR) is 76.1 cm³/mol. The van der Waals surface area contributed by atoms with Crippen LogP contribution in [0.15, 0.2) is 21.5 Å². The molecule has 0 saturated carbocycles. The highest BCUT2D eigenvalue weighted by Gasteiger charge is 2.20. The second kappa shape index (κ2) is 6.52. The molecule has 0 aliphatic carbocycles. The van der Waals surface area contributed by atoms with Crippen molar-refractivity contribution >= 4 is 59.0 Å². The summed E-state index contributed by atoms with van der Waals surface area (Å²) in [5.74, 6) is 0.827. The van der Waals surface area contributed by atoms with Crippen molar-refractivity contribution in [3.8, 4) is 5.75 Å². The maximum absolute atomic E-state index is 11.4. The van der Waals surface area contributed by atoms with Crippen LogP contribution in [0, 0.1) is 0 Å². The van der Waals surface area contributed by atoms with Gasteiger partial charge >= 0.3 is 0 Å². The van der Waals surface area contributed by atoms with Crippen LogP contribution in [0.5, 0.6) is 5.75 Å². The monoisotopic (exact) mass is 378 g/mol. The second-order valence-electron chi connectivity index (χ2n) is 2.99. The molecule has 96 valence electrons. The van der Waals surface area contributed by atoms with Crippen molar-refractivity contribution in [3.05, 3.63) is 21.6 Å². The fraction of sp³-hybridized carbons (Fsp3) is 0.333. The molecule has 3 nitrogen and oxygen atoms in total. The maximum atomic E-state index is 11.4. The molecule has 0 unspecified atom stereocenters. The average molecular weight is 380 g/mol. The topological polar surface area (TPSA) is 43.4 Å². The fourth-order valence-electron chi connectivity index (χ4n) is 1.08. The molecule has 0 bridgehead atoms. The molecule has 0 aliphatic heterocycles. The van der Waals surface area contributed by atoms with Gasteiger partial charge in [-0.1, -0.05) is 27.5 Å². The van der Waals surface area contributed by atoms with Crippen molar-refractivity contribution in [1.82, 2.24) is 0 Å². The highest BCUT2D eigenvalue weighted by Crippen LogP contribution is 2.37. The molecule has 8 heteroatoms. The van der Waals surface area contributed by atoms with E-state index >= 15 is 0 Å². The molecular weight excluding hydrogens is 371 g/mol. The van der Waals surface area contributed by atoms with Gasteiger partial charge in [0, 0.05) is 20.9 Å². The standard InChI is InChI=1S/C9H9BrCl2O3S2/c1-16-3-2-15-9-7(11)4-6(10)5-8(9)17(12,13)14/h4-5H,2-3H2,1H3. The number of hydrogen-bond acceptors (Lipinski definition) is 4. The van der Waals surface area contributed by atoms with Gasteiger partial charge in [-0.2, -0.15) is 11.8 Å². The Kier molecular flexibility index (Phi) is 5.92. The lowest BCUT2D eigenvalue weighted by molar-refractivity contribution is 0.335. The number of benzene rings is 1. The third-order valence-corrected chi connectivity index (χ3v) is 4.41. The van der Waals surface area contributed by atoms with E-state index < -0.39 is 9.05 Å². The molecule has 0 heterocycles. The van der Waals surface area contributed by atoms with E-state index in [-0.39, 0.29) is 15.7 Å². The Morgan fingerprint density at radius 3 is 2.65 bits per heavy atom. The zero-order valence-electron chi connectivity index (χ0n) is 8.74. The normalized spacial score (nSPS) is 11.5. The van der Waals surface area contributed by atoms with Gasteiger partial charge in [0.25, 0.3) is 9.05 Å². The van der Waals surface area contributed by atoms with E-state index in [0.717, 1.165) is 5.75 Å². The van der Waals surface area contributed by atoms with Crippen LogP contribution in [-0.2, 0) is 9.05 Å². The first-order valence-electron chi connectivity index (χ1n) is 4.41. The highest BCUT2D eigenvalue weighted by molar-refractivity contribution is 9.10. The molecule has 1 aromatic carbocycles. The molecule has 0 amide bonds. The van der Waals surface area contributed by atoms with E-state index in [1.54, 1.807) is 17.8 Å². The summed E-state index contributed by atoms with van der Waals surface area (Å²) in [6.07, 6.45) is 1.92. The molecule has 0 radical (unpaired) electrons. The van der Waals surface area contributed by atoms with E-state index in [4.69, 9.17) is 27.0 Å². The van der Waals surface area contributed by atoms with Gasteiger partial charge in [-0.05, 0) is 18.4 Å². The van der Waals surface area contributed by atoms with Crippen molar-refractivity contribution in [3.63, 3.8) is 0 Å². The summed E-state index contributed by atoms with van der Waals surface area (Å²) in [7, 11) is 1.44. The van der Waals surface area contributed by atoms with Crippen molar-refractivity contribution in [1.29, 1.82) is 0 Å². The Morgan fingerprint density at radius 1 is 1.47 bits per heavy atom. The van der Waals surface area contributed by atoms with Gasteiger partial charge in [-0.3, -0.25) is 0 Å². The minimum absolute atomic E-state index is 0.0962. The first-order chi connectivity index (χ1) is 7.86. The van der Waals surface area contributed by atoms with Crippen molar-refractivity contribution < 1.29 is 13.2 Å². The average Bonchev–Trinajstić information content (AvgIpc) is 2.19. The second-order valence-corrected chi connectivity index (χ2v) is 7.84. The van der Waals surface area contributed by atoms with E-state index in [1.165, 1.54) is 6.07 Å². The van der Waals surface area contributed by atoms with Crippen LogP contribution in [0.3, 0.4) is 0 Å². The van der Waals surface area contributed by atoms with Crippen molar-refractivity contribution in [2.24, 2.45) is 0 Å². The molecule has 0 saturated heterocycles. The van der Waals surface area contributed by atoms with Gasteiger partial charge in [0.15, 0.2) is 5.75 Å². The lowest BCUT2D eigenvalue weighted by Gasteiger charge is -2.11. The Balaban J connectivity index is 3.17. The quantitative estimate of drug-likeness (QED) is 0.576. The Labute approximate surface area is 122 Å². The minimum atomic E-state index is -3.89. The van der Waals surface area contributed by atoms with Gasteiger partial charge < -0.3 is 4.74 Å². The molecule has 0 aliphatic rings. The van der Waals surface area contributed by atoms with E-state index in [2.05, 4.69) is 15.9 Å². The van der Waals surface area contributed by atoms with Crippen LogP contribution in [0.1, 0.15) is 0 Å². The van der Waals surface area contributed by atoms with Crippen LogP contribution in [0.25, 0.3) is 0 Å². The summed E-state index contributed by atoms with van der Waals surface area (Å²) in [6.45, 7) is 0.363. The lowest BCUT2D eigenvalue weighted by Crippen LogP contribution is -2.04. The highest BCUT2D eigenvalue weighted by atomic mass is 79.9. The van der Waals surface area contributed by atoms with E-state index in [0.29, 0.717) is 11.1 Å². The van der Waals surface area contributed by atoms with Gasteiger partial charge in [0.05, 0.1) is 11.6 Å². The lowest BCUT2D eigenvalue weighted by atomic mass is 10.3. The third-order valence-electron chi connectivity index (χ3n) is 1.77. The van der Waals surface area contributed by atoms with E-state index in [9.17, 15) is 8.42 Å². The summed E-state index contributed by atoms with van der Waals surface area (Å²) in [6, 6.07) is 2.92. The van der Waals surface area contributed by atoms with Gasteiger partial charge in [-0.15, -0.1) is 0 Å². The molecule has 17 heavy (non-hydrogen) atoms. The molecule has 0 aromatic heterocycles. The summed E-state index contributed by atoms with van der Waals surface area (Å²) in [5.41, 5.74) is 0. The zero-order chi connectivity index (χ0) is 13.1. The first kappa shape index (κ1) is 15.4. The third kappa shape index (κ3) is 4.52. The Bertz CT molecular complexity index is 505. The smallest absolute Gasteiger partial charge is 0.265 e. The molecule has 0 fully saturated rings. The number of hydrogen-bond donors (Lipinski definition) is 0. The van der Waals surface area contributed by atoms with Crippen molar-refractivity contribution in [2.45, 2.75) is 4.90 Å². The largest absolute Gasteiger partial charge is 0.490 e. The number of ether oxygens (including phenoxy) is 1. The maximum Gasteiger partial charge on any atom is 0.265 e. The van der Waals surface area contributed by atoms with Gasteiger partial charge in [0.1, 0.15) is 4.90 Å². The fourth-order valence-corrected chi connectivity index (χ4v) is 3.41. The zero-order valence-corrected chi connectivity index (χ0v) is 13.5. The summed E-state index contributed by atoms with van der Waals surface area (Å²) in [5, 5.41) is 0.208. The summed E-state index contributed by atoms with van der Waals surface area (Å²) < 4.78 is 28.7. The van der Waals surface area contributed by atoms with Gasteiger partial charge in [-0.25, -0.2) is 8.42 Å². The Morgan fingerprint density at radius 2 is 2.12 bits per heavy atom. The summed E-state index contributed by atoms with van der Waals surface area (Å²) in [4.78, 5) is -0.125. The summed E-state index contributed by atoms with van der Waals surface area (Å²) >= 11 is 10.7. The molecule has 1 rings (SSSR count). The minimum Gasteiger partial charge on any atom is -0.490 e. The predicted octanol–water partition coefficient (Wildman–Crippen LogP) is 3.77. The molecule has 0 atom stereocenters. The van der Waals surface area contributed by atoms with Crippen molar-refractivity contribution in [2.75, 3.05) is 18.6 Å². The molecule has 1 aromatic rings. The number of thioether (sulfide) groups is 1. The van der Waals surface area contributed by atoms with Crippen LogP contribution < -0.4 is 4.74 Å². The van der Waals surface area contributed by atoms with Crippen LogP contribution in [0.4, 0.5) is 0 Å². The molecule has 0 N–H and O–H groups in total. The van der Waals surface area contributed by atoms with E-state index in [1.807, 2.05) is 6.26 Å². The molecular formula is C9H9BrCl2O3S2. The van der Waals surface area contributed by atoms with Gasteiger partial charge in [0.2, 0.25) is 0 Å². The SMILES string of the molecule is CSCCOc1c(Cl)cc(Br)cc1S(=O)(=O)Cl. The number of halogens is 3. The number of rotatable bonds is 5. The first-order valence-corrected chi connectivity index (χ1v) is 9.29. The van der Waals surface area contributed by atoms with Crippen LogP contribution in [0.2, 0.25) is 5.02 Å². The molecule has 0 spiro atoms. The Hall–Kier alpha value is 0.380. The van der Waals surface area contributed by atoms with Crippen LogP contribution >= 0.6 is 50.0 Å².